The van der Waals surface area contributed by atoms with Gasteiger partial charge in [0, 0.05) is 19.2 Å². The molecule has 1 atom stereocenters. The highest BCUT2D eigenvalue weighted by atomic mass is 32.1. The standard InChI is InChI=1S/C20H18N4OS/c1-23-16-6-3-2-5-14(16)22-19(23)17-7-4-10-24(17)20(25)13-8-9-15-18(11-13)26-12-21-15/h2-3,5-6,8-9,11-12,17H,4,7,10H2,1H3. The predicted octanol–water partition coefficient (Wildman–Crippen LogP) is 4.16. The zero-order valence-electron chi connectivity index (χ0n) is 14.4. The number of thiazole rings is 1. The molecule has 130 valence electrons. The van der Waals surface area contributed by atoms with Gasteiger partial charge >= 0.3 is 0 Å². The average Bonchev–Trinajstić information content (AvgIpc) is 3.39. The number of aromatic nitrogens is 3. The molecule has 4 aromatic rings. The molecule has 1 aliphatic heterocycles. The van der Waals surface area contributed by atoms with Gasteiger partial charge in [0.05, 0.1) is 32.8 Å². The quantitative estimate of drug-likeness (QED) is 0.538. The first-order valence-electron chi connectivity index (χ1n) is 8.78. The summed E-state index contributed by atoms with van der Waals surface area (Å²) in [5.74, 6) is 1.05. The second-order valence-corrected chi connectivity index (χ2v) is 7.60. The van der Waals surface area contributed by atoms with E-state index in [4.69, 9.17) is 4.98 Å². The van der Waals surface area contributed by atoms with Gasteiger partial charge in [-0.05, 0) is 43.2 Å². The monoisotopic (exact) mass is 362 g/mol. The lowest BCUT2D eigenvalue weighted by atomic mass is 10.1. The van der Waals surface area contributed by atoms with E-state index in [1.54, 1.807) is 11.3 Å². The van der Waals surface area contributed by atoms with Crippen molar-refractivity contribution in [2.24, 2.45) is 7.05 Å². The zero-order valence-corrected chi connectivity index (χ0v) is 15.2. The van der Waals surface area contributed by atoms with Crippen LogP contribution in [0.5, 0.6) is 0 Å². The Labute approximate surface area is 154 Å². The van der Waals surface area contributed by atoms with E-state index in [1.165, 1.54) is 0 Å². The summed E-state index contributed by atoms with van der Waals surface area (Å²) < 4.78 is 3.17. The lowest BCUT2D eigenvalue weighted by molar-refractivity contribution is 0.0728. The molecular formula is C20H18N4OS. The maximum absolute atomic E-state index is 13.2. The zero-order chi connectivity index (χ0) is 17.7. The number of aryl methyl sites for hydroxylation is 1. The van der Waals surface area contributed by atoms with Crippen molar-refractivity contribution in [3.05, 3.63) is 59.4 Å². The van der Waals surface area contributed by atoms with E-state index in [1.807, 2.05) is 53.9 Å². The highest BCUT2D eigenvalue weighted by Crippen LogP contribution is 2.34. The Kier molecular flexibility index (Phi) is 3.53. The molecule has 5 rings (SSSR count). The van der Waals surface area contributed by atoms with Gasteiger partial charge in [-0.25, -0.2) is 9.97 Å². The summed E-state index contributed by atoms with van der Waals surface area (Å²) in [6.45, 7) is 0.771. The molecule has 1 unspecified atom stereocenters. The van der Waals surface area contributed by atoms with Crippen molar-refractivity contribution in [1.82, 2.24) is 19.4 Å². The van der Waals surface area contributed by atoms with Gasteiger partial charge in [-0.3, -0.25) is 4.79 Å². The first-order chi connectivity index (χ1) is 12.7. The van der Waals surface area contributed by atoms with Crippen molar-refractivity contribution in [3.63, 3.8) is 0 Å². The van der Waals surface area contributed by atoms with E-state index in [-0.39, 0.29) is 11.9 Å². The lowest BCUT2D eigenvalue weighted by Gasteiger charge is -2.24. The Balaban J connectivity index is 1.53. The van der Waals surface area contributed by atoms with Crippen molar-refractivity contribution in [3.8, 4) is 0 Å². The van der Waals surface area contributed by atoms with Gasteiger partial charge in [0.15, 0.2) is 0 Å². The maximum Gasteiger partial charge on any atom is 0.254 e. The van der Waals surface area contributed by atoms with Crippen molar-refractivity contribution in [2.45, 2.75) is 18.9 Å². The number of amides is 1. The van der Waals surface area contributed by atoms with Gasteiger partial charge < -0.3 is 9.47 Å². The number of carbonyl (C=O) groups excluding carboxylic acids is 1. The van der Waals surface area contributed by atoms with Crippen molar-refractivity contribution >= 4 is 38.5 Å². The van der Waals surface area contributed by atoms with Crippen LogP contribution in [0.1, 0.15) is 35.1 Å². The van der Waals surface area contributed by atoms with E-state index < -0.39 is 0 Å². The topological polar surface area (TPSA) is 51.0 Å². The van der Waals surface area contributed by atoms with E-state index in [2.05, 4.69) is 15.6 Å². The van der Waals surface area contributed by atoms with Crippen molar-refractivity contribution in [1.29, 1.82) is 0 Å². The van der Waals surface area contributed by atoms with Crippen LogP contribution in [-0.2, 0) is 7.05 Å². The Bertz CT molecular complexity index is 1130. The van der Waals surface area contributed by atoms with Gasteiger partial charge in [-0.1, -0.05) is 12.1 Å². The first kappa shape index (κ1) is 15.5. The molecule has 1 fully saturated rings. The number of likely N-dealkylation sites (tertiary alicyclic amines) is 1. The molecule has 2 aromatic heterocycles. The van der Waals surface area contributed by atoms with Crippen LogP contribution in [0.3, 0.4) is 0 Å². The third kappa shape index (κ3) is 2.33. The van der Waals surface area contributed by atoms with Crippen LogP contribution in [0.4, 0.5) is 0 Å². The van der Waals surface area contributed by atoms with Gasteiger partial charge in [-0.2, -0.15) is 0 Å². The molecule has 1 amide bonds. The van der Waals surface area contributed by atoms with Crippen LogP contribution < -0.4 is 0 Å². The van der Waals surface area contributed by atoms with Gasteiger partial charge in [-0.15, -0.1) is 11.3 Å². The number of benzene rings is 2. The molecule has 0 spiro atoms. The number of imidazole rings is 1. The molecule has 2 aromatic carbocycles. The summed E-state index contributed by atoms with van der Waals surface area (Å²) >= 11 is 1.57. The summed E-state index contributed by atoms with van der Waals surface area (Å²) in [7, 11) is 2.04. The fourth-order valence-electron chi connectivity index (χ4n) is 3.89. The fourth-order valence-corrected chi connectivity index (χ4v) is 4.61. The van der Waals surface area contributed by atoms with E-state index in [0.717, 1.165) is 52.0 Å². The van der Waals surface area contributed by atoms with Gasteiger partial charge in [0.2, 0.25) is 0 Å². The number of fused-ring (bicyclic) bond motifs is 2. The van der Waals surface area contributed by atoms with Crippen LogP contribution >= 0.6 is 11.3 Å². The third-order valence-electron chi connectivity index (χ3n) is 5.21. The Morgan fingerprint density at radius 2 is 2.08 bits per heavy atom. The lowest BCUT2D eigenvalue weighted by Crippen LogP contribution is -2.31. The normalized spacial score (nSPS) is 17.4. The summed E-state index contributed by atoms with van der Waals surface area (Å²) in [5, 5.41) is 0. The highest BCUT2D eigenvalue weighted by molar-refractivity contribution is 7.16. The molecule has 5 nitrogen and oxygen atoms in total. The molecule has 0 saturated carbocycles. The van der Waals surface area contributed by atoms with Crippen LogP contribution in [0.2, 0.25) is 0 Å². The molecule has 26 heavy (non-hydrogen) atoms. The molecule has 0 aliphatic carbocycles. The van der Waals surface area contributed by atoms with E-state index in [9.17, 15) is 4.79 Å². The summed E-state index contributed by atoms with van der Waals surface area (Å²) in [4.78, 5) is 24.3. The molecule has 0 radical (unpaired) electrons. The fraction of sp³-hybridized carbons (Fsp3) is 0.250. The second kappa shape index (κ2) is 5.92. The largest absolute Gasteiger partial charge is 0.329 e. The summed E-state index contributed by atoms with van der Waals surface area (Å²) in [6, 6.07) is 13.9. The summed E-state index contributed by atoms with van der Waals surface area (Å²) in [6.07, 6.45) is 1.95. The first-order valence-corrected chi connectivity index (χ1v) is 9.66. The second-order valence-electron chi connectivity index (χ2n) is 6.71. The number of hydrogen-bond donors (Lipinski definition) is 0. The molecule has 0 bridgehead atoms. The minimum atomic E-state index is 0.0251. The maximum atomic E-state index is 13.2. The molecule has 0 N–H and O–H groups in total. The van der Waals surface area contributed by atoms with E-state index >= 15 is 0 Å². The average molecular weight is 362 g/mol. The Hall–Kier alpha value is -2.73. The number of para-hydroxylation sites is 2. The van der Waals surface area contributed by atoms with Crippen LogP contribution in [0.25, 0.3) is 21.3 Å². The highest BCUT2D eigenvalue weighted by Gasteiger charge is 2.33. The summed E-state index contributed by atoms with van der Waals surface area (Å²) in [5.41, 5.74) is 5.58. The molecule has 1 saturated heterocycles. The van der Waals surface area contributed by atoms with Gasteiger partial charge in [0.25, 0.3) is 5.91 Å². The third-order valence-corrected chi connectivity index (χ3v) is 6.00. The number of rotatable bonds is 2. The molecule has 3 heterocycles. The SMILES string of the molecule is Cn1c(C2CCCN2C(=O)c2ccc3ncsc3c2)nc2ccccc21. The molecule has 6 heteroatoms. The van der Waals surface area contributed by atoms with Gasteiger partial charge in [0.1, 0.15) is 5.82 Å². The number of hydrogen-bond acceptors (Lipinski definition) is 4. The minimum Gasteiger partial charge on any atom is -0.329 e. The van der Waals surface area contributed by atoms with Crippen molar-refractivity contribution < 1.29 is 4.79 Å². The Morgan fingerprint density at radius 1 is 1.19 bits per heavy atom. The van der Waals surface area contributed by atoms with Crippen LogP contribution in [0, 0.1) is 0 Å². The van der Waals surface area contributed by atoms with E-state index in [0.29, 0.717) is 0 Å². The Morgan fingerprint density at radius 3 is 2.96 bits per heavy atom. The minimum absolute atomic E-state index is 0.0251. The van der Waals surface area contributed by atoms with Crippen LogP contribution in [-0.4, -0.2) is 31.9 Å². The predicted molar refractivity (Wildman–Crippen MR) is 103 cm³/mol. The van der Waals surface area contributed by atoms with Crippen LogP contribution in [0.15, 0.2) is 48.0 Å². The molecule has 1 aliphatic rings. The number of nitrogens with zero attached hydrogens (tertiary/aromatic N) is 4. The smallest absolute Gasteiger partial charge is 0.254 e. The number of carbonyl (C=O) groups is 1. The molecular weight excluding hydrogens is 344 g/mol. The van der Waals surface area contributed by atoms with Crippen molar-refractivity contribution in [2.75, 3.05) is 6.54 Å².